The Bertz CT molecular complexity index is 528. The third-order valence-electron chi connectivity index (χ3n) is 3.15. The zero-order valence-corrected chi connectivity index (χ0v) is 12.2. The molecule has 0 amide bonds. The average Bonchev–Trinajstić information content (AvgIpc) is 2.39. The molecule has 0 saturated heterocycles. The van der Waals surface area contributed by atoms with Gasteiger partial charge in [0, 0.05) is 6.07 Å². The maximum absolute atomic E-state index is 10.9. The Kier molecular flexibility index (Phi) is 5.66. The van der Waals surface area contributed by atoms with Crippen LogP contribution in [0.15, 0.2) is 18.2 Å². The van der Waals surface area contributed by atoms with Crippen LogP contribution in [0.4, 0.5) is 5.69 Å². The molecule has 1 unspecified atom stereocenters. The molecule has 21 heavy (non-hydrogen) atoms. The summed E-state index contributed by atoms with van der Waals surface area (Å²) in [6, 6.07) is 4.76. The largest absolute Gasteiger partial charge is 0.487 e. The standard InChI is InChI=1S/C14H20N2O5/c1-10-5-6-12(11(9-10)16(19)20)21-8-4-3-7-14(2,15)13(17)18/h5-6,9H,3-4,7-8,15H2,1-2H3,(H,17,18). The molecule has 0 bridgehead atoms. The first-order valence-corrected chi connectivity index (χ1v) is 6.64. The fourth-order valence-corrected chi connectivity index (χ4v) is 1.78. The van der Waals surface area contributed by atoms with Gasteiger partial charge in [0.2, 0.25) is 0 Å². The quantitative estimate of drug-likeness (QED) is 0.432. The van der Waals surface area contributed by atoms with Crippen LogP contribution in [-0.2, 0) is 4.79 Å². The van der Waals surface area contributed by atoms with Crippen molar-refractivity contribution in [1.29, 1.82) is 0 Å². The minimum Gasteiger partial charge on any atom is -0.487 e. The monoisotopic (exact) mass is 296 g/mol. The van der Waals surface area contributed by atoms with Crippen molar-refractivity contribution in [2.75, 3.05) is 6.61 Å². The molecule has 0 aliphatic carbocycles. The van der Waals surface area contributed by atoms with Gasteiger partial charge >= 0.3 is 11.7 Å². The molecule has 116 valence electrons. The number of benzene rings is 1. The summed E-state index contributed by atoms with van der Waals surface area (Å²) < 4.78 is 5.40. The van der Waals surface area contributed by atoms with Crippen LogP contribution in [0.2, 0.25) is 0 Å². The summed E-state index contributed by atoms with van der Waals surface area (Å²) >= 11 is 0. The van der Waals surface area contributed by atoms with Crippen LogP contribution >= 0.6 is 0 Å². The van der Waals surface area contributed by atoms with Crippen LogP contribution in [-0.4, -0.2) is 28.1 Å². The molecule has 0 saturated carbocycles. The van der Waals surface area contributed by atoms with Crippen molar-refractivity contribution >= 4 is 11.7 Å². The Hall–Kier alpha value is -2.15. The first kappa shape index (κ1) is 16.9. The number of aliphatic carboxylic acids is 1. The summed E-state index contributed by atoms with van der Waals surface area (Å²) in [4.78, 5) is 21.3. The number of hydrogen-bond donors (Lipinski definition) is 2. The third kappa shape index (κ3) is 5.03. The van der Waals surface area contributed by atoms with E-state index in [1.807, 2.05) is 0 Å². The minimum atomic E-state index is -1.25. The molecule has 1 atom stereocenters. The number of carboxylic acids is 1. The van der Waals surface area contributed by atoms with Gasteiger partial charge in [0.05, 0.1) is 11.5 Å². The van der Waals surface area contributed by atoms with E-state index in [0.717, 1.165) is 5.56 Å². The van der Waals surface area contributed by atoms with Gasteiger partial charge in [-0.05, 0) is 44.7 Å². The van der Waals surface area contributed by atoms with E-state index in [1.165, 1.54) is 13.0 Å². The lowest BCUT2D eigenvalue weighted by Crippen LogP contribution is -2.44. The summed E-state index contributed by atoms with van der Waals surface area (Å²) in [5.74, 6) is -0.822. The summed E-state index contributed by atoms with van der Waals surface area (Å²) in [5.41, 5.74) is 5.07. The number of nitrogens with zero attached hydrogens (tertiary/aromatic N) is 1. The summed E-state index contributed by atoms with van der Waals surface area (Å²) in [5, 5.41) is 19.8. The van der Waals surface area contributed by atoms with Gasteiger partial charge < -0.3 is 15.6 Å². The molecular formula is C14H20N2O5. The Labute approximate surface area is 122 Å². The molecule has 1 aromatic carbocycles. The number of aryl methyl sites for hydroxylation is 1. The van der Waals surface area contributed by atoms with E-state index in [9.17, 15) is 14.9 Å². The van der Waals surface area contributed by atoms with Gasteiger partial charge in [0.25, 0.3) is 0 Å². The number of carboxylic acid groups (broad SMARTS) is 1. The molecule has 0 aliphatic rings. The number of carbonyl (C=O) groups is 1. The Balaban J connectivity index is 2.47. The first-order valence-electron chi connectivity index (χ1n) is 6.64. The van der Waals surface area contributed by atoms with Gasteiger partial charge in [-0.3, -0.25) is 14.9 Å². The van der Waals surface area contributed by atoms with Crippen LogP contribution < -0.4 is 10.5 Å². The third-order valence-corrected chi connectivity index (χ3v) is 3.15. The van der Waals surface area contributed by atoms with Crippen molar-refractivity contribution in [3.05, 3.63) is 33.9 Å². The second-order valence-corrected chi connectivity index (χ2v) is 5.26. The van der Waals surface area contributed by atoms with Crippen molar-refractivity contribution in [1.82, 2.24) is 0 Å². The Morgan fingerprint density at radius 3 is 2.71 bits per heavy atom. The highest BCUT2D eigenvalue weighted by Gasteiger charge is 2.26. The highest BCUT2D eigenvalue weighted by atomic mass is 16.6. The predicted octanol–water partition coefficient (Wildman–Crippen LogP) is 2.25. The number of unbranched alkanes of at least 4 members (excludes halogenated alkanes) is 1. The molecule has 0 spiro atoms. The molecule has 3 N–H and O–H groups in total. The van der Waals surface area contributed by atoms with Crippen LogP contribution in [0.25, 0.3) is 0 Å². The van der Waals surface area contributed by atoms with Gasteiger partial charge in [-0.25, -0.2) is 0 Å². The highest BCUT2D eigenvalue weighted by molar-refractivity contribution is 5.77. The second kappa shape index (κ2) is 7.03. The minimum absolute atomic E-state index is 0.0656. The summed E-state index contributed by atoms with van der Waals surface area (Å²) in [6.45, 7) is 3.51. The number of ether oxygens (including phenoxy) is 1. The highest BCUT2D eigenvalue weighted by Crippen LogP contribution is 2.27. The topological polar surface area (TPSA) is 116 Å². The molecule has 0 radical (unpaired) electrons. The Morgan fingerprint density at radius 1 is 1.48 bits per heavy atom. The van der Waals surface area contributed by atoms with Crippen LogP contribution in [0.3, 0.4) is 0 Å². The smallest absolute Gasteiger partial charge is 0.323 e. The molecule has 0 aliphatic heterocycles. The van der Waals surface area contributed by atoms with Gasteiger partial charge in [0.15, 0.2) is 5.75 Å². The molecule has 7 nitrogen and oxygen atoms in total. The predicted molar refractivity (Wildman–Crippen MR) is 77.4 cm³/mol. The number of hydrogen-bond acceptors (Lipinski definition) is 5. The first-order chi connectivity index (χ1) is 9.74. The van der Waals surface area contributed by atoms with E-state index in [4.69, 9.17) is 15.6 Å². The average molecular weight is 296 g/mol. The molecule has 0 heterocycles. The number of nitro groups is 1. The van der Waals surface area contributed by atoms with Crippen LogP contribution in [0.5, 0.6) is 5.75 Å². The van der Waals surface area contributed by atoms with Gasteiger partial charge in [0.1, 0.15) is 5.54 Å². The van der Waals surface area contributed by atoms with Crippen molar-refractivity contribution < 1.29 is 19.6 Å². The van der Waals surface area contributed by atoms with Gasteiger partial charge in [-0.15, -0.1) is 0 Å². The number of nitrogens with two attached hydrogens (primary N) is 1. The molecule has 1 aromatic rings. The Morgan fingerprint density at radius 2 is 2.14 bits per heavy atom. The maximum Gasteiger partial charge on any atom is 0.323 e. The number of nitro benzene ring substituents is 1. The molecular weight excluding hydrogens is 276 g/mol. The van der Waals surface area contributed by atoms with Crippen molar-refractivity contribution in [3.8, 4) is 5.75 Å². The molecule has 0 fully saturated rings. The van der Waals surface area contributed by atoms with E-state index in [0.29, 0.717) is 19.3 Å². The SMILES string of the molecule is Cc1ccc(OCCCCC(C)(N)C(=O)O)c([N+](=O)[O-])c1. The summed E-state index contributed by atoms with van der Waals surface area (Å²) in [7, 11) is 0. The van der Waals surface area contributed by atoms with E-state index < -0.39 is 16.4 Å². The van der Waals surface area contributed by atoms with Crippen molar-refractivity contribution in [2.24, 2.45) is 5.73 Å². The van der Waals surface area contributed by atoms with E-state index >= 15 is 0 Å². The fourth-order valence-electron chi connectivity index (χ4n) is 1.78. The fraction of sp³-hybridized carbons (Fsp3) is 0.500. The van der Waals surface area contributed by atoms with E-state index in [1.54, 1.807) is 19.1 Å². The maximum atomic E-state index is 10.9. The van der Waals surface area contributed by atoms with E-state index in [2.05, 4.69) is 0 Å². The van der Waals surface area contributed by atoms with Crippen molar-refractivity contribution in [2.45, 2.75) is 38.6 Å². The molecule has 1 rings (SSSR count). The van der Waals surface area contributed by atoms with Crippen LogP contribution in [0, 0.1) is 17.0 Å². The van der Waals surface area contributed by atoms with Gasteiger partial charge in [-0.2, -0.15) is 0 Å². The van der Waals surface area contributed by atoms with E-state index in [-0.39, 0.29) is 18.0 Å². The lowest BCUT2D eigenvalue weighted by Gasteiger charge is -2.18. The second-order valence-electron chi connectivity index (χ2n) is 5.26. The molecule has 7 heteroatoms. The normalized spacial score (nSPS) is 13.5. The van der Waals surface area contributed by atoms with Crippen molar-refractivity contribution in [3.63, 3.8) is 0 Å². The lowest BCUT2D eigenvalue weighted by molar-refractivity contribution is -0.385. The van der Waals surface area contributed by atoms with Crippen LogP contribution in [0.1, 0.15) is 31.7 Å². The number of rotatable bonds is 8. The lowest BCUT2D eigenvalue weighted by atomic mass is 9.97. The summed E-state index contributed by atoms with van der Waals surface area (Å²) in [6.07, 6.45) is 1.46. The zero-order chi connectivity index (χ0) is 16.0. The molecule has 0 aromatic heterocycles. The zero-order valence-electron chi connectivity index (χ0n) is 12.2. The van der Waals surface area contributed by atoms with Gasteiger partial charge in [-0.1, -0.05) is 6.07 Å².